The molecule has 0 radical (unpaired) electrons. The number of morpholine rings is 1. The number of hydrogen-bond acceptors (Lipinski definition) is 6. The predicted molar refractivity (Wildman–Crippen MR) is 122 cm³/mol. The van der Waals surface area contributed by atoms with Crippen molar-refractivity contribution in [3.63, 3.8) is 0 Å². The van der Waals surface area contributed by atoms with Gasteiger partial charge in [0, 0.05) is 49.6 Å². The highest BCUT2D eigenvalue weighted by Gasteiger charge is 2.13. The molecular weight excluding hydrogens is 428 g/mol. The number of nitrogens with one attached hydrogen (secondary N) is 1. The topological polar surface area (TPSA) is 80.5 Å². The summed E-state index contributed by atoms with van der Waals surface area (Å²) in [4.78, 5) is 19.1. The largest absolute Gasteiger partial charge is 0.379 e. The van der Waals surface area contributed by atoms with Gasteiger partial charge in [-0.05, 0) is 41.8 Å². The molecule has 0 saturated carbocycles. The minimum Gasteiger partial charge on any atom is -0.379 e. The molecule has 32 heavy (non-hydrogen) atoms. The average Bonchev–Trinajstić information content (AvgIpc) is 3.28. The van der Waals surface area contributed by atoms with E-state index in [9.17, 15) is 4.79 Å². The number of aromatic nitrogens is 2. The quantitative estimate of drug-likeness (QED) is 0.528. The van der Waals surface area contributed by atoms with Crippen molar-refractivity contribution in [2.45, 2.75) is 32.4 Å². The van der Waals surface area contributed by atoms with E-state index in [2.05, 4.69) is 32.5 Å². The fourth-order valence-electron chi connectivity index (χ4n) is 3.64. The second kappa shape index (κ2) is 11.2. The van der Waals surface area contributed by atoms with Crippen LogP contribution in [-0.4, -0.2) is 47.3 Å². The lowest BCUT2D eigenvalue weighted by atomic mass is 10.1. The summed E-state index contributed by atoms with van der Waals surface area (Å²) >= 11 is 5.91. The smallest absolute Gasteiger partial charge is 0.226 e. The molecule has 168 valence electrons. The molecule has 1 amide bonds. The molecule has 0 unspecified atom stereocenters. The fourth-order valence-corrected chi connectivity index (χ4v) is 3.77. The van der Waals surface area contributed by atoms with E-state index in [0.717, 1.165) is 44.0 Å². The number of nitrogens with zero attached hydrogens (tertiary/aromatic N) is 3. The number of amides is 1. The molecule has 8 heteroatoms. The zero-order chi connectivity index (χ0) is 22.2. The zero-order valence-electron chi connectivity index (χ0n) is 17.9. The van der Waals surface area contributed by atoms with Crippen molar-refractivity contribution in [2.75, 3.05) is 26.3 Å². The van der Waals surface area contributed by atoms with Gasteiger partial charge in [-0.15, -0.1) is 0 Å². The van der Waals surface area contributed by atoms with Crippen LogP contribution in [0.3, 0.4) is 0 Å². The number of aryl methyl sites for hydroxylation is 1. The Hall–Kier alpha value is -2.74. The van der Waals surface area contributed by atoms with Crippen molar-refractivity contribution in [2.24, 2.45) is 0 Å². The summed E-state index contributed by atoms with van der Waals surface area (Å²) in [5, 5.41) is 7.70. The number of rotatable bonds is 9. The summed E-state index contributed by atoms with van der Waals surface area (Å²) in [6.07, 6.45) is 1.61. The third kappa shape index (κ3) is 6.38. The van der Waals surface area contributed by atoms with Crippen molar-refractivity contribution in [1.82, 2.24) is 20.4 Å². The second-order valence-corrected chi connectivity index (χ2v) is 8.24. The predicted octanol–water partition coefficient (Wildman–Crippen LogP) is 3.86. The molecular formula is C24H27ClN4O3. The maximum atomic E-state index is 12.3. The van der Waals surface area contributed by atoms with Crippen LogP contribution in [0.5, 0.6) is 0 Å². The van der Waals surface area contributed by atoms with Gasteiger partial charge in [-0.1, -0.05) is 41.0 Å². The van der Waals surface area contributed by atoms with Crippen LogP contribution in [0.4, 0.5) is 0 Å². The molecule has 3 aromatic rings. The Kier molecular flexibility index (Phi) is 7.87. The Morgan fingerprint density at radius 2 is 1.81 bits per heavy atom. The molecule has 2 aromatic carbocycles. The summed E-state index contributed by atoms with van der Waals surface area (Å²) in [5.41, 5.74) is 3.24. The van der Waals surface area contributed by atoms with Crippen LogP contribution < -0.4 is 5.32 Å². The normalized spacial score (nSPS) is 14.4. The Morgan fingerprint density at radius 3 is 2.59 bits per heavy atom. The van der Waals surface area contributed by atoms with E-state index in [1.807, 2.05) is 24.3 Å². The van der Waals surface area contributed by atoms with E-state index in [1.165, 1.54) is 5.56 Å². The maximum Gasteiger partial charge on any atom is 0.226 e. The molecule has 1 N–H and O–H groups in total. The molecule has 1 fully saturated rings. The van der Waals surface area contributed by atoms with E-state index in [1.54, 1.807) is 12.1 Å². The molecule has 0 spiro atoms. The molecule has 4 rings (SSSR count). The fraction of sp³-hybridized carbons (Fsp3) is 0.375. The Bertz CT molecular complexity index is 1020. The lowest BCUT2D eigenvalue weighted by Gasteiger charge is -2.27. The van der Waals surface area contributed by atoms with Crippen molar-refractivity contribution in [3.8, 4) is 11.4 Å². The number of halogens is 1. The Morgan fingerprint density at radius 1 is 1.06 bits per heavy atom. The summed E-state index contributed by atoms with van der Waals surface area (Å²) < 4.78 is 10.7. The number of hydrogen-bond donors (Lipinski definition) is 1. The van der Waals surface area contributed by atoms with Gasteiger partial charge in [-0.2, -0.15) is 4.98 Å². The number of carbonyl (C=O) groups excluding carboxylic acids is 1. The Balaban J connectivity index is 1.22. The lowest BCUT2D eigenvalue weighted by Crippen LogP contribution is -2.36. The van der Waals surface area contributed by atoms with Crippen LogP contribution in [0, 0.1) is 0 Å². The van der Waals surface area contributed by atoms with E-state index in [-0.39, 0.29) is 5.91 Å². The maximum absolute atomic E-state index is 12.3. The molecule has 1 saturated heterocycles. The highest BCUT2D eigenvalue weighted by molar-refractivity contribution is 6.30. The van der Waals surface area contributed by atoms with Gasteiger partial charge in [0.05, 0.1) is 13.2 Å². The third-order valence-electron chi connectivity index (χ3n) is 5.46. The van der Waals surface area contributed by atoms with Gasteiger partial charge >= 0.3 is 0 Å². The van der Waals surface area contributed by atoms with Gasteiger partial charge < -0.3 is 14.6 Å². The molecule has 7 nitrogen and oxygen atoms in total. The summed E-state index contributed by atoms with van der Waals surface area (Å²) in [7, 11) is 0. The van der Waals surface area contributed by atoms with Gasteiger partial charge in [-0.25, -0.2) is 0 Å². The van der Waals surface area contributed by atoms with E-state index in [4.69, 9.17) is 20.9 Å². The van der Waals surface area contributed by atoms with Crippen molar-refractivity contribution >= 4 is 17.5 Å². The molecule has 0 bridgehead atoms. The van der Waals surface area contributed by atoms with Gasteiger partial charge in [0.2, 0.25) is 17.6 Å². The SMILES string of the molecule is O=C(CCCc1nc(-c2ccc(Cl)cc2)no1)NCc1ccccc1CN1CCOCC1. The minimum absolute atomic E-state index is 0.0172. The van der Waals surface area contributed by atoms with Crippen LogP contribution in [-0.2, 0) is 29.0 Å². The van der Waals surface area contributed by atoms with Gasteiger partial charge in [0.1, 0.15) is 0 Å². The summed E-state index contributed by atoms with van der Waals surface area (Å²) in [6.45, 7) is 4.84. The average molecular weight is 455 g/mol. The minimum atomic E-state index is 0.0172. The monoisotopic (exact) mass is 454 g/mol. The van der Waals surface area contributed by atoms with Gasteiger partial charge in [0.15, 0.2) is 0 Å². The van der Waals surface area contributed by atoms with Gasteiger partial charge in [-0.3, -0.25) is 9.69 Å². The molecule has 2 heterocycles. The van der Waals surface area contributed by atoms with E-state index >= 15 is 0 Å². The Labute approximate surface area is 192 Å². The lowest BCUT2D eigenvalue weighted by molar-refractivity contribution is -0.121. The van der Waals surface area contributed by atoms with Crippen LogP contribution in [0.2, 0.25) is 5.02 Å². The summed E-state index contributed by atoms with van der Waals surface area (Å²) in [6, 6.07) is 15.5. The molecule has 1 aromatic heterocycles. The van der Waals surface area contributed by atoms with Gasteiger partial charge in [0.25, 0.3) is 0 Å². The van der Waals surface area contributed by atoms with Crippen LogP contribution in [0.15, 0.2) is 53.1 Å². The van der Waals surface area contributed by atoms with Crippen LogP contribution in [0.1, 0.15) is 29.9 Å². The first-order valence-electron chi connectivity index (χ1n) is 10.9. The van der Waals surface area contributed by atoms with Crippen LogP contribution >= 0.6 is 11.6 Å². The van der Waals surface area contributed by atoms with E-state index < -0.39 is 0 Å². The third-order valence-corrected chi connectivity index (χ3v) is 5.71. The molecule has 0 atom stereocenters. The standard InChI is InChI=1S/C24H27ClN4O3/c25-21-10-8-18(9-11-21)24-27-23(32-28-24)7-3-6-22(30)26-16-19-4-1-2-5-20(19)17-29-12-14-31-15-13-29/h1-2,4-5,8-11H,3,6-7,12-17H2,(H,26,30). The summed E-state index contributed by atoms with van der Waals surface area (Å²) in [5.74, 6) is 1.07. The molecule has 0 aliphatic carbocycles. The zero-order valence-corrected chi connectivity index (χ0v) is 18.7. The highest BCUT2D eigenvalue weighted by Crippen LogP contribution is 2.19. The highest BCUT2D eigenvalue weighted by atomic mass is 35.5. The number of carbonyl (C=O) groups is 1. The van der Waals surface area contributed by atoms with Crippen LogP contribution in [0.25, 0.3) is 11.4 Å². The van der Waals surface area contributed by atoms with Crippen molar-refractivity contribution in [1.29, 1.82) is 0 Å². The first-order valence-corrected chi connectivity index (χ1v) is 11.3. The first-order chi connectivity index (χ1) is 15.7. The number of ether oxygens (including phenoxy) is 1. The molecule has 1 aliphatic heterocycles. The first kappa shape index (κ1) is 22.5. The van der Waals surface area contributed by atoms with Crippen molar-refractivity contribution < 1.29 is 14.1 Å². The molecule has 1 aliphatic rings. The number of benzene rings is 2. The van der Waals surface area contributed by atoms with Crippen molar-refractivity contribution in [3.05, 3.63) is 70.6 Å². The van der Waals surface area contributed by atoms with E-state index in [0.29, 0.717) is 42.5 Å². The second-order valence-electron chi connectivity index (χ2n) is 7.81.